The van der Waals surface area contributed by atoms with Crippen LogP contribution in [0.15, 0.2) is 24.3 Å². The second-order valence-electron chi connectivity index (χ2n) is 4.41. The third-order valence-corrected chi connectivity index (χ3v) is 3.47. The fraction of sp³-hybridized carbons (Fsp3) is 0.538. The van der Waals surface area contributed by atoms with Gasteiger partial charge in [0.05, 0.1) is 0 Å². The Morgan fingerprint density at radius 2 is 2.00 bits per heavy atom. The zero-order chi connectivity index (χ0) is 11.4. The van der Waals surface area contributed by atoms with Crippen LogP contribution in [0.3, 0.4) is 0 Å². The van der Waals surface area contributed by atoms with E-state index in [9.17, 15) is 4.39 Å². The standard InChI is InChI=1S/C13H18FNO/c1-15-13(6-8-16-9-7-13)10-11-4-2-3-5-12(11)14/h2-5,15H,6-10H2,1H3. The molecule has 1 fully saturated rings. The number of hydrogen-bond acceptors (Lipinski definition) is 2. The summed E-state index contributed by atoms with van der Waals surface area (Å²) in [7, 11) is 1.95. The minimum absolute atomic E-state index is 0.000440. The average Bonchev–Trinajstić information content (AvgIpc) is 2.33. The van der Waals surface area contributed by atoms with E-state index in [0.717, 1.165) is 38.0 Å². The molecule has 0 atom stereocenters. The highest BCUT2D eigenvalue weighted by Crippen LogP contribution is 2.25. The second-order valence-corrected chi connectivity index (χ2v) is 4.41. The summed E-state index contributed by atoms with van der Waals surface area (Å²) in [4.78, 5) is 0. The van der Waals surface area contributed by atoms with Gasteiger partial charge in [-0.25, -0.2) is 4.39 Å². The minimum atomic E-state index is -0.108. The Kier molecular flexibility index (Phi) is 3.56. The van der Waals surface area contributed by atoms with Crippen LogP contribution in [-0.4, -0.2) is 25.8 Å². The molecule has 1 saturated heterocycles. The van der Waals surface area contributed by atoms with E-state index in [0.29, 0.717) is 0 Å². The van der Waals surface area contributed by atoms with Gasteiger partial charge in [0.15, 0.2) is 0 Å². The molecule has 2 nitrogen and oxygen atoms in total. The summed E-state index contributed by atoms with van der Waals surface area (Å²) in [5.74, 6) is -0.108. The van der Waals surface area contributed by atoms with Gasteiger partial charge >= 0.3 is 0 Å². The fourth-order valence-electron chi connectivity index (χ4n) is 2.28. The molecular formula is C13H18FNO. The summed E-state index contributed by atoms with van der Waals surface area (Å²) in [6.45, 7) is 1.52. The zero-order valence-electron chi connectivity index (χ0n) is 9.63. The molecule has 2 rings (SSSR count). The number of nitrogens with one attached hydrogen (secondary N) is 1. The molecular weight excluding hydrogens is 205 g/mol. The lowest BCUT2D eigenvalue weighted by molar-refractivity contribution is 0.0410. The lowest BCUT2D eigenvalue weighted by atomic mass is 9.84. The molecule has 16 heavy (non-hydrogen) atoms. The van der Waals surface area contributed by atoms with Gasteiger partial charge in [-0.15, -0.1) is 0 Å². The van der Waals surface area contributed by atoms with E-state index in [1.165, 1.54) is 6.07 Å². The maximum absolute atomic E-state index is 13.6. The molecule has 0 unspecified atom stereocenters. The molecule has 88 valence electrons. The molecule has 1 N–H and O–H groups in total. The Morgan fingerprint density at radius 1 is 1.31 bits per heavy atom. The fourth-order valence-corrected chi connectivity index (χ4v) is 2.28. The first-order valence-electron chi connectivity index (χ1n) is 5.76. The van der Waals surface area contributed by atoms with Gasteiger partial charge in [-0.05, 0) is 37.9 Å². The van der Waals surface area contributed by atoms with Crippen molar-refractivity contribution in [2.75, 3.05) is 20.3 Å². The molecule has 1 heterocycles. The molecule has 0 bridgehead atoms. The Morgan fingerprint density at radius 3 is 2.62 bits per heavy atom. The van der Waals surface area contributed by atoms with Crippen molar-refractivity contribution in [2.24, 2.45) is 0 Å². The topological polar surface area (TPSA) is 21.3 Å². The van der Waals surface area contributed by atoms with Gasteiger partial charge in [-0.3, -0.25) is 0 Å². The van der Waals surface area contributed by atoms with Crippen molar-refractivity contribution in [3.63, 3.8) is 0 Å². The van der Waals surface area contributed by atoms with Crippen LogP contribution < -0.4 is 5.32 Å². The zero-order valence-corrected chi connectivity index (χ0v) is 9.63. The van der Waals surface area contributed by atoms with Gasteiger partial charge in [0.1, 0.15) is 5.82 Å². The van der Waals surface area contributed by atoms with Gasteiger partial charge in [0.2, 0.25) is 0 Å². The van der Waals surface area contributed by atoms with E-state index < -0.39 is 0 Å². The Hall–Kier alpha value is -0.930. The van der Waals surface area contributed by atoms with Crippen molar-refractivity contribution < 1.29 is 9.13 Å². The lowest BCUT2D eigenvalue weighted by Gasteiger charge is -2.37. The largest absolute Gasteiger partial charge is 0.381 e. The summed E-state index contributed by atoms with van der Waals surface area (Å²) in [6, 6.07) is 7.01. The molecule has 0 aliphatic carbocycles. The van der Waals surface area contributed by atoms with Crippen LogP contribution in [0.4, 0.5) is 4.39 Å². The van der Waals surface area contributed by atoms with Gasteiger partial charge in [-0.1, -0.05) is 18.2 Å². The predicted molar refractivity (Wildman–Crippen MR) is 61.9 cm³/mol. The summed E-state index contributed by atoms with van der Waals surface area (Å²) >= 11 is 0. The van der Waals surface area contributed by atoms with E-state index >= 15 is 0 Å². The van der Waals surface area contributed by atoms with Crippen molar-refractivity contribution in [1.29, 1.82) is 0 Å². The second kappa shape index (κ2) is 4.93. The van der Waals surface area contributed by atoms with Gasteiger partial charge < -0.3 is 10.1 Å². The molecule has 1 aliphatic heterocycles. The minimum Gasteiger partial charge on any atom is -0.381 e. The molecule has 0 saturated carbocycles. The van der Waals surface area contributed by atoms with Crippen molar-refractivity contribution in [3.8, 4) is 0 Å². The molecule has 0 aromatic heterocycles. The average molecular weight is 223 g/mol. The van der Waals surface area contributed by atoms with Crippen LogP contribution >= 0.6 is 0 Å². The molecule has 0 radical (unpaired) electrons. The summed E-state index contributed by atoms with van der Waals surface area (Å²) < 4.78 is 19.0. The molecule has 0 amide bonds. The quantitative estimate of drug-likeness (QED) is 0.847. The molecule has 1 aromatic carbocycles. The van der Waals surface area contributed by atoms with Gasteiger partial charge in [0, 0.05) is 18.8 Å². The van der Waals surface area contributed by atoms with E-state index in [1.54, 1.807) is 6.07 Å². The van der Waals surface area contributed by atoms with E-state index in [1.807, 2.05) is 19.2 Å². The molecule has 1 aromatic rings. The maximum Gasteiger partial charge on any atom is 0.126 e. The third kappa shape index (κ3) is 2.42. The monoisotopic (exact) mass is 223 g/mol. The highest BCUT2D eigenvalue weighted by molar-refractivity contribution is 5.20. The van der Waals surface area contributed by atoms with Crippen LogP contribution in [0, 0.1) is 5.82 Å². The van der Waals surface area contributed by atoms with E-state index in [4.69, 9.17) is 4.74 Å². The highest BCUT2D eigenvalue weighted by atomic mass is 19.1. The molecule has 1 aliphatic rings. The maximum atomic E-state index is 13.6. The number of benzene rings is 1. The SMILES string of the molecule is CNC1(Cc2ccccc2F)CCOCC1. The van der Waals surface area contributed by atoms with Crippen LogP contribution in [-0.2, 0) is 11.2 Å². The first-order valence-corrected chi connectivity index (χ1v) is 5.76. The number of ether oxygens (including phenoxy) is 1. The normalized spacial score (nSPS) is 19.6. The number of likely N-dealkylation sites (N-methyl/N-ethyl adjacent to an activating group) is 1. The Labute approximate surface area is 95.8 Å². The number of hydrogen-bond donors (Lipinski definition) is 1. The van der Waals surface area contributed by atoms with E-state index in [-0.39, 0.29) is 11.4 Å². The predicted octanol–water partition coefficient (Wildman–Crippen LogP) is 2.14. The number of rotatable bonds is 3. The van der Waals surface area contributed by atoms with Crippen molar-refractivity contribution in [2.45, 2.75) is 24.8 Å². The third-order valence-electron chi connectivity index (χ3n) is 3.47. The van der Waals surface area contributed by atoms with Crippen LogP contribution in [0.2, 0.25) is 0 Å². The van der Waals surface area contributed by atoms with Crippen LogP contribution in [0.25, 0.3) is 0 Å². The highest BCUT2D eigenvalue weighted by Gasteiger charge is 2.31. The summed E-state index contributed by atoms with van der Waals surface area (Å²) in [6.07, 6.45) is 2.62. The molecule has 3 heteroatoms. The van der Waals surface area contributed by atoms with Crippen molar-refractivity contribution in [1.82, 2.24) is 5.32 Å². The van der Waals surface area contributed by atoms with Crippen LogP contribution in [0.5, 0.6) is 0 Å². The van der Waals surface area contributed by atoms with Gasteiger partial charge in [-0.2, -0.15) is 0 Å². The number of halogens is 1. The smallest absolute Gasteiger partial charge is 0.126 e. The Bertz CT molecular complexity index is 348. The lowest BCUT2D eigenvalue weighted by Crippen LogP contribution is -2.49. The van der Waals surface area contributed by atoms with Gasteiger partial charge in [0.25, 0.3) is 0 Å². The van der Waals surface area contributed by atoms with Crippen LogP contribution in [0.1, 0.15) is 18.4 Å². The Balaban J connectivity index is 2.15. The van der Waals surface area contributed by atoms with E-state index in [2.05, 4.69) is 5.32 Å². The summed E-state index contributed by atoms with van der Waals surface area (Å²) in [5.41, 5.74) is 0.791. The van der Waals surface area contributed by atoms with Crippen molar-refractivity contribution in [3.05, 3.63) is 35.6 Å². The molecule has 0 spiro atoms. The summed E-state index contributed by atoms with van der Waals surface area (Å²) in [5, 5.41) is 3.35. The first-order chi connectivity index (χ1) is 7.76. The first kappa shape index (κ1) is 11.6. The van der Waals surface area contributed by atoms with Crippen molar-refractivity contribution >= 4 is 0 Å².